The third-order valence-corrected chi connectivity index (χ3v) is 3.64. The molecule has 0 spiro atoms. The largest absolute Gasteiger partial charge is 0.481 e. The maximum atomic E-state index is 11.7. The molecule has 1 aliphatic carbocycles. The molecule has 3 unspecified atom stereocenters. The van der Waals surface area contributed by atoms with Crippen molar-refractivity contribution in [2.24, 2.45) is 5.92 Å². The molecule has 0 radical (unpaired) electrons. The van der Waals surface area contributed by atoms with Gasteiger partial charge in [-0.05, 0) is 19.3 Å². The molecule has 0 aromatic rings. The summed E-state index contributed by atoms with van der Waals surface area (Å²) in [4.78, 5) is 24.3. The molecule has 2 aliphatic rings. The van der Waals surface area contributed by atoms with Crippen LogP contribution in [0.3, 0.4) is 0 Å². The minimum atomic E-state index is -0.864. The molecule has 1 aliphatic heterocycles. The maximum absolute atomic E-state index is 11.7. The molecule has 90 valence electrons. The van der Waals surface area contributed by atoms with E-state index in [0.29, 0.717) is 6.54 Å². The Hall–Kier alpha value is -1.10. The lowest BCUT2D eigenvalue weighted by Crippen LogP contribution is -2.35. The number of nitrogens with zero attached hydrogens (tertiary/aromatic N) is 1. The third-order valence-electron chi connectivity index (χ3n) is 3.64. The van der Waals surface area contributed by atoms with Crippen molar-refractivity contribution in [3.63, 3.8) is 0 Å². The van der Waals surface area contributed by atoms with Crippen molar-refractivity contribution in [3.8, 4) is 0 Å². The summed E-state index contributed by atoms with van der Waals surface area (Å²) in [5.74, 6) is -1.40. The van der Waals surface area contributed by atoms with Gasteiger partial charge in [-0.25, -0.2) is 0 Å². The Bertz CT molecular complexity index is 304. The summed E-state index contributed by atoms with van der Waals surface area (Å²) in [6, 6.07) is 0.182. The number of carboxylic acid groups (broad SMARTS) is 1. The van der Waals surface area contributed by atoms with E-state index in [1.807, 2.05) is 0 Å². The molecular weight excluding hydrogens is 210 g/mol. The fourth-order valence-corrected chi connectivity index (χ4v) is 2.66. The lowest BCUT2D eigenvalue weighted by Gasteiger charge is -2.23. The Labute approximate surface area is 94.4 Å². The molecule has 1 N–H and O–H groups in total. The monoisotopic (exact) mass is 227 g/mol. The average molecular weight is 227 g/mol. The predicted octanol–water partition coefficient (Wildman–Crippen LogP) is 0.487. The van der Waals surface area contributed by atoms with E-state index in [9.17, 15) is 9.59 Å². The van der Waals surface area contributed by atoms with Crippen LogP contribution in [0.25, 0.3) is 0 Å². The highest BCUT2D eigenvalue weighted by Gasteiger charge is 2.40. The van der Waals surface area contributed by atoms with Crippen molar-refractivity contribution in [1.29, 1.82) is 0 Å². The summed E-state index contributed by atoms with van der Waals surface area (Å²) in [5.41, 5.74) is 0. The topological polar surface area (TPSA) is 66.8 Å². The highest BCUT2D eigenvalue weighted by Crippen LogP contribution is 2.30. The molecule has 1 amide bonds. The number of carboxylic acids is 1. The molecule has 0 aromatic heterocycles. The zero-order chi connectivity index (χ0) is 11.7. The smallest absolute Gasteiger partial charge is 0.308 e. The van der Waals surface area contributed by atoms with Gasteiger partial charge in [0.2, 0.25) is 5.91 Å². The van der Waals surface area contributed by atoms with Crippen LogP contribution in [0.5, 0.6) is 0 Å². The fraction of sp³-hybridized carbons (Fsp3) is 0.818. The van der Waals surface area contributed by atoms with Crippen molar-refractivity contribution in [1.82, 2.24) is 4.90 Å². The van der Waals surface area contributed by atoms with Crippen molar-refractivity contribution in [2.75, 3.05) is 13.7 Å². The summed E-state index contributed by atoms with van der Waals surface area (Å²) < 4.78 is 5.26. The van der Waals surface area contributed by atoms with Crippen LogP contribution >= 0.6 is 0 Å². The van der Waals surface area contributed by atoms with Crippen LogP contribution in [0.2, 0.25) is 0 Å². The number of hydrogen-bond donors (Lipinski definition) is 1. The quantitative estimate of drug-likeness (QED) is 0.761. The molecule has 5 nitrogen and oxygen atoms in total. The van der Waals surface area contributed by atoms with Crippen LogP contribution in [-0.2, 0) is 14.3 Å². The molecule has 1 heterocycles. The fourth-order valence-electron chi connectivity index (χ4n) is 2.66. The Kier molecular flexibility index (Phi) is 3.14. The lowest BCUT2D eigenvalue weighted by molar-refractivity contribution is -0.141. The van der Waals surface area contributed by atoms with E-state index in [1.165, 1.54) is 0 Å². The van der Waals surface area contributed by atoms with Crippen LogP contribution < -0.4 is 0 Å². The minimum absolute atomic E-state index is 0.0193. The third kappa shape index (κ3) is 2.04. The zero-order valence-corrected chi connectivity index (χ0v) is 9.39. The first-order valence-corrected chi connectivity index (χ1v) is 5.67. The average Bonchev–Trinajstić information content (AvgIpc) is 2.83. The Morgan fingerprint density at radius 3 is 2.75 bits per heavy atom. The Morgan fingerprint density at radius 1 is 1.50 bits per heavy atom. The van der Waals surface area contributed by atoms with Gasteiger partial charge in [0, 0.05) is 26.1 Å². The van der Waals surface area contributed by atoms with Crippen molar-refractivity contribution < 1.29 is 19.4 Å². The van der Waals surface area contributed by atoms with E-state index in [0.717, 1.165) is 19.3 Å². The number of rotatable bonds is 3. The summed E-state index contributed by atoms with van der Waals surface area (Å²) >= 11 is 0. The second-order valence-electron chi connectivity index (χ2n) is 4.61. The standard InChI is InChI=1S/C11H17NO4/c1-16-9-3-2-8(5-9)12-6-7(11(14)15)4-10(12)13/h7-9H,2-6H2,1H3,(H,14,15). The van der Waals surface area contributed by atoms with Gasteiger partial charge in [-0.2, -0.15) is 0 Å². The van der Waals surface area contributed by atoms with Gasteiger partial charge >= 0.3 is 5.97 Å². The van der Waals surface area contributed by atoms with E-state index in [4.69, 9.17) is 9.84 Å². The van der Waals surface area contributed by atoms with Crippen LogP contribution in [0.4, 0.5) is 0 Å². The van der Waals surface area contributed by atoms with Gasteiger partial charge in [-0.15, -0.1) is 0 Å². The van der Waals surface area contributed by atoms with Crippen LogP contribution in [0.15, 0.2) is 0 Å². The molecule has 2 fully saturated rings. The number of ether oxygens (including phenoxy) is 1. The van der Waals surface area contributed by atoms with Crippen molar-refractivity contribution in [3.05, 3.63) is 0 Å². The summed E-state index contributed by atoms with van der Waals surface area (Å²) in [6.45, 7) is 0.370. The minimum Gasteiger partial charge on any atom is -0.481 e. The highest BCUT2D eigenvalue weighted by atomic mass is 16.5. The number of carbonyl (C=O) groups excluding carboxylic acids is 1. The second-order valence-corrected chi connectivity index (χ2v) is 4.61. The number of likely N-dealkylation sites (tertiary alicyclic amines) is 1. The van der Waals surface area contributed by atoms with E-state index < -0.39 is 11.9 Å². The lowest BCUT2D eigenvalue weighted by atomic mass is 10.1. The van der Waals surface area contributed by atoms with Gasteiger partial charge in [-0.1, -0.05) is 0 Å². The van der Waals surface area contributed by atoms with Crippen LogP contribution in [-0.4, -0.2) is 47.7 Å². The normalized spacial score (nSPS) is 34.7. The van der Waals surface area contributed by atoms with E-state index in [2.05, 4.69) is 0 Å². The molecule has 2 rings (SSSR count). The van der Waals surface area contributed by atoms with Gasteiger partial charge in [0.05, 0.1) is 12.0 Å². The Balaban J connectivity index is 1.96. The van der Waals surface area contributed by atoms with Gasteiger partial charge in [0.25, 0.3) is 0 Å². The number of hydrogen-bond acceptors (Lipinski definition) is 3. The molecule has 1 saturated carbocycles. The second kappa shape index (κ2) is 4.41. The predicted molar refractivity (Wildman–Crippen MR) is 55.9 cm³/mol. The number of methoxy groups -OCH3 is 1. The maximum Gasteiger partial charge on any atom is 0.308 e. The summed E-state index contributed by atoms with van der Waals surface area (Å²) in [6.07, 6.45) is 3.11. The van der Waals surface area contributed by atoms with Gasteiger partial charge in [0.15, 0.2) is 0 Å². The van der Waals surface area contributed by atoms with Crippen LogP contribution in [0, 0.1) is 5.92 Å². The molecule has 16 heavy (non-hydrogen) atoms. The SMILES string of the molecule is COC1CCC(N2CC(C(=O)O)CC2=O)C1. The Morgan fingerprint density at radius 2 is 2.25 bits per heavy atom. The first kappa shape index (κ1) is 11.4. The van der Waals surface area contributed by atoms with Gasteiger partial charge < -0.3 is 14.7 Å². The summed E-state index contributed by atoms with van der Waals surface area (Å²) in [5, 5.41) is 8.89. The first-order valence-electron chi connectivity index (χ1n) is 5.67. The summed E-state index contributed by atoms with van der Waals surface area (Å²) in [7, 11) is 1.68. The van der Waals surface area contributed by atoms with Crippen molar-refractivity contribution in [2.45, 2.75) is 37.8 Å². The zero-order valence-electron chi connectivity index (χ0n) is 9.39. The molecule has 3 atom stereocenters. The molecule has 1 saturated heterocycles. The van der Waals surface area contributed by atoms with Gasteiger partial charge in [-0.3, -0.25) is 9.59 Å². The molecule has 0 bridgehead atoms. The van der Waals surface area contributed by atoms with E-state index >= 15 is 0 Å². The number of amides is 1. The molecule has 0 aromatic carbocycles. The van der Waals surface area contributed by atoms with Gasteiger partial charge in [0.1, 0.15) is 0 Å². The molecule has 5 heteroatoms. The molecular formula is C11H17NO4. The van der Waals surface area contributed by atoms with E-state index in [1.54, 1.807) is 12.0 Å². The highest BCUT2D eigenvalue weighted by molar-refractivity contribution is 5.86. The van der Waals surface area contributed by atoms with E-state index in [-0.39, 0.29) is 24.5 Å². The number of aliphatic carboxylic acids is 1. The van der Waals surface area contributed by atoms with Crippen molar-refractivity contribution >= 4 is 11.9 Å². The van der Waals surface area contributed by atoms with Crippen LogP contribution in [0.1, 0.15) is 25.7 Å². The first-order chi connectivity index (χ1) is 7.61. The number of carbonyl (C=O) groups is 2.